The first-order chi connectivity index (χ1) is 7.47. The van der Waals surface area contributed by atoms with Crippen molar-refractivity contribution in [1.29, 1.82) is 0 Å². The Morgan fingerprint density at radius 3 is 2.62 bits per heavy atom. The summed E-state index contributed by atoms with van der Waals surface area (Å²) in [5, 5.41) is 6.17. The highest BCUT2D eigenvalue weighted by molar-refractivity contribution is 8.00. The molecule has 2 heterocycles. The molecule has 0 aliphatic heterocycles. The molecule has 0 amide bonds. The highest BCUT2D eigenvalue weighted by atomic mass is 32.2. The zero-order chi connectivity index (χ0) is 11.8. The molecule has 0 aliphatic carbocycles. The molecule has 0 unspecified atom stereocenters. The molecule has 0 fully saturated rings. The standard InChI is InChI=1S/C7H5F3N4S2/c1-14-3-2-11-5(14)16-6-13-12-4(15-6)7(8,9)10/h2-3H,1H3. The van der Waals surface area contributed by atoms with Gasteiger partial charge < -0.3 is 4.57 Å². The van der Waals surface area contributed by atoms with Crippen LogP contribution in [-0.4, -0.2) is 19.7 Å². The zero-order valence-corrected chi connectivity index (χ0v) is 9.53. The van der Waals surface area contributed by atoms with E-state index in [9.17, 15) is 13.2 Å². The normalized spacial score (nSPS) is 12.0. The summed E-state index contributed by atoms with van der Waals surface area (Å²) in [6, 6.07) is 0. The van der Waals surface area contributed by atoms with Gasteiger partial charge in [0.25, 0.3) is 0 Å². The van der Waals surface area contributed by atoms with Crippen LogP contribution >= 0.6 is 23.1 Å². The number of hydrogen-bond acceptors (Lipinski definition) is 5. The zero-order valence-electron chi connectivity index (χ0n) is 7.89. The van der Waals surface area contributed by atoms with E-state index in [2.05, 4.69) is 15.2 Å². The van der Waals surface area contributed by atoms with Gasteiger partial charge in [-0.2, -0.15) is 13.2 Å². The van der Waals surface area contributed by atoms with E-state index in [0.717, 1.165) is 11.8 Å². The highest BCUT2D eigenvalue weighted by Crippen LogP contribution is 2.36. The lowest BCUT2D eigenvalue weighted by Gasteiger charge is -1.98. The maximum Gasteiger partial charge on any atom is 0.445 e. The highest BCUT2D eigenvalue weighted by Gasteiger charge is 2.35. The largest absolute Gasteiger partial charge is 0.445 e. The molecule has 0 aliphatic rings. The van der Waals surface area contributed by atoms with Crippen LogP contribution in [0.1, 0.15) is 5.01 Å². The second-order valence-electron chi connectivity index (χ2n) is 2.79. The van der Waals surface area contributed by atoms with Crippen molar-refractivity contribution in [3.8, 4) is 0 Å². The molecule has 0 radical (unpaired) electrons. The van der Waals surface area contributed by atoms with Crippen molar-refractivity contribution < 1.29 is 13.2 Å². The predicted molar refractivity (Wildman–Crippen MR) is 52.2 cm³/mol. The third-order valence-electron chi connectivity index (χ3n) is 1.60. The molecule has 0 bridgehead atoms. The van der Waals surface area contributed by atoms with Crippen molar-refractivity contribution in [2.24, 2.45) is 7.05 Å². The van der Waals surface area contributed by atoms with E-state index in [4.69, 9.17) is 0 Å². The lowest BCUT2D eigenvalue weighted by Crippen LogP contribution is -2.03. The Kier molecular flexibility index (Phi) is 2.89. The van der Waals surface area contributed by atoms with Crippen LogP contribution in [0, 0.1) is 0 Å². The Morgan fingerprint density at radius 1 is 1.38 bits per heavy atom. The number of halogens is 3. The number of rotatable bonds is 2. The van der Waals surface area contributed by atoms with Crippen LogP contribution in [0.15, 0.2) is 21.9 Å². The maximum absolute atomic E-state index is 12.2. The maximum atomic E-state index is 12.2. The Bertz CT molecular complexity index is 490. The van der Waals surface area contributed by atoms with Crippen molar-refractivity contribution in [1.82, 2.24) is 19.7 Å². The smallest absolute Gasteiger partial charge is 0.329 e. The molecule has 86 valence electrons. The second kappa shape index (κ2) is 4.06. The van der Waals surface area contributed by atoms with E-state index in [1.54, 1.807) is 24.0 Å². The summed E-state index contributed by atoms with van der Waals surface area (Å²) in [6.45, 7) is 0. The monoisotopic (exact) mass is 266 g/mol. The van der Waals surface area contributed by atoms with E-state index in [1.807, 2.05) is 0 Å². The van der Waals surface area contributed by atoms with Gasteiger partial charge >= 0.3 is 6.18 Å². The molecule has 0 N–H and O–H groups in total. The first-order valence-corrected chi connectivity index (χ1v) is 5.66. The van der Waals surface area contributed by atoms with Crippen LogP contribution in [0.5, 0.6) is 0 Å². The van der Waals surface area contributed by atoms with Crippen LogP contribution in [0.4, 0.5) is 13.2 Å². The fraction of sp³-hybridized carbons (Fsp3) is 0.286. The van der Waals surface area contributed by atoms with Gasteiger partial charge in [-0.05, 0) is 11.8 Å². The summed E-state index contributed by atoms with van der Waals surface area (Å²) >= 11 is 1.56. The van der Waals surface area contributed by atoms with Crippen molar-refractivity contribution >= 4 is 23.1 Å². The lowest BCUT2D eigenvalue weighted by molar-refractivity contribution is -0.138. The van der Waals surface area contributed by atoms with E-state index in [0.29, 0.717) is 16.5 Å². The summed E-state index contributed by atoms with van der Waals surface area (Å²) in [5.41, 5.74) is 0. The van der Waals surface area contributed by atoms with Gasteiger partial charge in [0.2, 0.25) is 5.01 Å². The quantitative estimate of drug-likeness (QED) is 0.837. The van der Waals surface area contributed by atoms with Gasteiger partial charge in [-0.25, -0.2) is 4.98 Å². The molecular weight excluding hydrogens is 261 g/mol. The van der Waals surface area contributed by atoms with Gasteiger partial charge in [0.05, 0.1) is 0 Å². The van der Waals surface area contributed by atoms with E-state index >= 15 is 0 Å². The Balaban J connectivity index is 2.18. The van der Waals surface area contributed by atoms with Crippen molar-refractivity contribution in [2.45, 2.75) is 15.7 Å². The van der Waals surface area contributed by atoms with Gasteiger partial charge in [0.1, 0.15) is 0 Å². The molecule has 0 saturated heterocycles. The molecular formula is C7H5F3N4S2. The third-order valence-corrected chi connectivity index (χ3v) is 3.70. The van der Waals surface area contributed by atoms with E-state index in [-0.39, 0.29) is 4.34 Å². The molecule has 0 aromatic carbocycles. The summed E-state index contributed by atoms with van der Waals surface area (Å²) in [4.78, 5) is 3.97. The molecule has 2 aromatic rings. The summed E-state index contributed by atoms with van der Waals surface area (Å²) in [5.74, 6) is 0. The topological polar surface area (TPSA) is 43.6 Å². The molecule has 9 heteroatoms. The molecule has 2 rings (SSSR count). The number of alkyl halides is 3. The minimum absolute atomic E-state index is 0.224. The van der Waals surface area contributed by atoms with E-state index < -0.39 is 11.2 Å². The van der Waals surface area contributed by atoms with Gasteiger partial charge in [0.15, 0.2) is 9.50 Å². The van der Waals surface area contributed by atoms with E-state index in [1.165, 1.54) is 0 Å². The van der Waals surface area contributed by atoms with Crippen molar-refractivity contribution in [3.63, 3.8) is 0 Å². The molecule has 0 spiro atoms. The third kappa shape index (κ3) is 2.35. The lowest BCUT2D eigenvalue weighted by atomic mass is 10.7. The van der Waals surface area contributed by atoms with Crippen LogP contribution in [-0.2, 0) is 13.2 Å². The van der Waals surface area contributed by atoms with Crippen molar-refractivity contribution in [2.75, 3.05) is 0 Å². The van der Waals surface area contributed by atoms with Crippen LogP contribution in [0.3, 0.4) is 0 Å². The van der Waals surface area contributed by atoms with Gasteiger partial charge in [-0.15, -0.1) is 10.2 Å². The number of aromatic nitrogens is 4. The fourth-order valence-electron chi connectivity index (χ4n) is 0.894. The van der Waals surface area contributed by atoms with Crippen LogP contribution in [0.25, 0.3) is 0 Å². The number of imidazole rings is 1. The van der Waals surface area contributed by atoms with Crippen LogP contribution in [0.2, 0.25) is 0 Å². The number of hydrogen-bond donors (Lipinski definition) is 0. The van der Waals surface area contributed by atoms with Gasteiger partial charge in [-0.3, -0.25) is 0 Å². The average Bonchev–Trinajstić information content (AvgIpc) is 2.76. The SMILES string of the molecule is Cn1ccnc1Sc1nnc(C(F)(F)F)s1. The molecule has 0 atom stereocenters. The van der Waals surface area contributed by atoms with Crippen molar-refractivity contribution in [3.05, 3.63) is 17.4 Å². The molecule has 2 aromatic heterocycles. The molecule has 4 nitrogen and oxygen atoms in total. The number of aryl methyl sites for hydroxylation is 1. The second-order valence-corrected chi connectivity index (χ2v) is 4.99. The Morgan fingerprint density at radius 2 is 2.12 bits per heavy atom. The Labute approximate surface area is 96.5 Å². The first kappa shape index (κ1) is 11.4. The van der Waals surface area contributed by atoms with Gasteiger partial charge in [0, 0.05) is 19.4 Å². The first-order valence-electron chi connectivity index (χ1n) is 4.02. The minimum Gasteiger partial charge on any atom is -0.329 e. The summed E-state index contributed by atoms with van der Waals surface area (Å²) in [6.07, 6.45) is -1.17. The molecule has 16 heavy (non-hydrogen) atoms. The average molecular weight is 266 g/mol. The van der Waals surface area contributed by atoms with Crippen LogP contribution < -0.4 is 0 Å². The summed E-state index contributed by atoms with van der Waals surface area (Å²) < 4.78 is 38.6. The number of nitrogens with zero attached hydrogens (tertiary/aromatic N) is 4. The molecule has 0 saturated carbocycles. The predicted octanol–water partition coefficient (Wildman–Crippen LogP) is 2.44. The fourth-order valence-corrected chi connectivity index (χ4v) is 2.52. The Hall–Kier alpha value is -1.09. The minimum atomic E-state index is -4.43. The van der Waals surface area contributed by atoms with Gasteiger partial charge in [-0.1, -0.05) is 11.3 Å². The summed E-state index contributed by atoms with van der Waals surface area (Å²) in [7, 11) is 1.75.